The van der Waals surface area contributed by atoms with E-state index in [1.165, 1.54) is 14.0 Å². The molecule has 0 bridgehead atoms. The van der Waals surface area contributed by atoms with Crippen molar-refractivity contribution in [2.45, 2.75) is 51.2 Å². The van der Waals surface area contributed by atoms with E-state index >= 15 is 0 Å². The molecule has 3 atom stereocenters. The summed E-state index contributed by atoms with van der Waals surface area (Å²) in [5, 5.41) is 2.79. The number of hydrogen-bond donors (Lipinski definition) is 1. The summed E-state index contributed by atoms with van der Waals surface area (Å²) in [5.41, 5.74) is -0.559. The van der Waals surface area contributed by atoms with Gasteiger partial charge >= 0.3 is 12.0 Å². The molecule has 8 heteroatoms. The molecule has 3 rings (SSSR count). The predicted octanol–water partition coefficient (Wildman–Crippen LogP) is 2.31. The molecule has 29 heavy (non-hydrogen) atoms. The molecule has 2 fully saturated rings. The summed E-state index contributed by atoms with van der Waals surface area (Å²) in [6.45, 7) is 2.88. The number of Topliss-reactive ketones (excluding diaryl/α,β-unsaturated/α-hetero) is 1. The van der Waals surface area contributed by atoms with Crippen molar-refractivity contribution in [2.24, 2.45) is 5.92 Å². The highest BCUT2D eigenvalue weighted by Crippen LogP contribution is 2.38. The van der Waals surface area contributed by atoms with E-state index < -0.39 is 30.2 Å². The summed E-state index contributed by atoms with van der Waals surface area (Å²) >= 11 is 0. The van der Waals surface area contributed by atoms with Gasteiger partial charge in [0.15, 0.2) is 6.10 Å². The van der Waals surface area contributed by atoms with E-state index in [0.29, 0.717) is 17.7 Å². The minimum atomic E-state index is -1.04. The van der Waals surface area contributed by atoms with Crippen molar-refractivity contribution in [3.8, 4) is 5.75 Å². The number of ketones is 1. The Balaban J connectivity index is 1.61. The second kappa shape index (κ2) is 8.23. The number of esters is 1. The Kier molecular flexibility index (Phi) is 5.91. The molecular formula is C21H26N2O6. The molecule has 0 radical (unpaired) electrons. The maximum absolute atomic E-state index is 12.9. The topological polar surface area (TPSA) is 102 Å². The van der Waals surface area contributed by atoms with Crippen LogP contribution >= 0.6 is 0 Å². The number of carbonyl (C=O) groups excluding carboxylic acids is 4. The average Bonchev–Trinajstić information content (AvgIpc) is 2.94. The van der Waals surface area contributed by atoms with Gasteiger partial charge in [-0.1, -0.05) is 19.8 Å². The predicted molar refractivity (Wildman–Crippen MR) is 103 cm³/mol. The molecule has 3 amide bonds. The third-order valence-electron chi connectivity index (χ3n) is 5.84. The standard InChI is InChI=1S/C21H26N2O6/c1-13-6-4-5-11-21(13)19(26)23(20(27)22-21)12-17(24)29-14(2)18(25)15-7-9-16(28-3)10-8-15/h7-10,13-14H,4-6,11-12H2,1-3H3,(H,22,27)/t13-,14-,21-/m0/s1. The van der Waals surface area contributed by atoms with Crippen molar-refractivity contribution in [3.63, 3.8) is 0 Å². The fraction of sp³-hybridized carbons (Fsp3) is 0.524. The smallest absolute Gasteiger partial charge is 0.326 e. The van der Waals surface area contributed by atoms with Crippen molar-refractivity contribution in [1.29, 1.82) is 0 Å². The quantitative estimate of drug-likeness (QED) is 0.445. The van der Waals surface area contributed by atoms with Gasteiger partial charge in [0.25, 0.3) is 5.91 Å². The van der Waals surface area contributed by atoms with Crippen molar-refractivity contribution in [2.75, 3.05) is 13.7 Å². The van der Waals surface area contributed by atoms with Gasteiger partial charge in [0.1, 0.15) is 17.8 Å². The number of nitrogens with one attached hydrogen (secondary N) is 1. The Morgan fingerprint density at radius 1 is 1.24 bits per heavy atom. The van der Waals surface area contributed by atoms with Crippen LogP contribution in [0.15, 0.2) is 24.3 Å². The first-order valence-corrected chi connectivity index (χ1v) is 9.80. The van der Waals surface area contributed by atoms with E-state index in [1.807, 2.05) is 6.92 Å². The first-order valence-electron chi connectivity index (χ1n) is 9.80. The summed E-state index contributed by atoms with van der Waals surface area (Å²) in [4.78, 5) is 50.9. The Hall–Kier alpha value is -2.90. The molecule has 8 nitrogen and oxygen atoms in total. The molecule has 2 aliphatic rings. The summed E-state index contributed by atoms with van der Waals surface area (Å²) in [6, 6.07) is 5.85. The fourth-order valence-electron chi connectivity index (χ4n) is 4.05. The molecule has 1 aromatic rings. The summed E-state index contributed by atoms with van der Waals surface area (Å²) in [5.74, 6) is -0.959. The monoisotopic (exact) mass is 402 g/mol. The second-order valence-electron chi connectivity index (χ2n) is 7.66. The third kappa shape index (κ3) is 3.97. The van der Waals surface area contributed by atoms with E-state index in [2.05, 4.69) is 5.32 Å². The zero-order chi connectivity index (χ0) is 21.2. The van der Waals surface area contributed by atoms with Crippen LogP contribution in [0.3, 0.4) is 0 Å². The van der Waals surface area contributed by atoms with Gasteiger partial charge in [-0.15, -0.1) is 0 Å². The van der Waals surface area contributed by atoms with Gasteiger partial charge in [0.2, 0.25) is 5.78 Å². The summed E-state index contributed by atoms with van der Waals surface area (Å²) in [7, 11) is 1.52. The van der Waals surface area contributed by atoms with Gasteiger partial charge in [-0.2, -0.15) is 0 Å². The Morgan fingerprint density at radius 2 is 1.93 bits per heavy atom. The van der Waals surface area contributed by atoms with Gasteiger partial charge < -0.3 is 14.8 Å². The molecule has 156 valence electrons. The highest BCUT2D eigenvalue weighted by molar-refractivity contribution is 6.09. The van der Waals surface area contributed by atoms with Crippen LogP contribution in [-0.2, 0) is 14.3 Å². The van der Waals surface area contributed by atoms with Crippen LogP contribution in [0.25, 0.3) is 0 Å². The zero-order valence-electron chi connectivity index (χ0n) is 16.9. The number of benzene rings is 1. The first-order chi connectivity index (χ1) is 13.8. The van der Waals surface area contributed by atoms with Crippen molar-refractivity contribution in [3.05, 3.63) is 29.8 Å². The Labute approximate surface area is 169 Å². The number of imide groups is 1. The maximum Gasteiger partial charge on any atom is 0.326 e. The molecule has 1 heterocycles. The highest BCUT2D eigenvalue weighted by atomic mass is 16.5. The van der Waals surface area contributed by atoms with Crippen LogP contribution in [0, 0.1) is 5.92 Å². The van der Waals surface area contributed by atoms with Crippen LogP contribution in [0.2, 0.25) is 0 Å². The van der Waals surface area contributed by atoms with Gasteiger partial charge in [-0.05, 0) is 49.9 Å². The molecule has 1 aliphatic heterocycles. The molecule has 1 aromatic carbocycles. The lowest BCUT2D eigenvalue weighted by atomic mass is 9.73. The molecule has 1 aliphatic carbocycles. The van der Waals surface area contributed by atoms with Crippen LogP contribution in [0.4, 0.5) is 4.79 Å². The van der Waals surface area contributed by atoms with E-state index in [0.717, 1.165) is 24.2 Å². The van der Waals surface area contributed by atoms with Gasteiger partial charge in [-0.25, -0.2) is 4.79 Å². The van der Waals surface area contributed by atoms with E-state index in [9.17, 15) is 19.2 Å². The number of hydrogen-bond acceptors (Lipinski definition) is 6. The van der Waals surface area contributed by atoms with E-state index in [-0.39, 0.29) is 17.6 Å². The highest BCUT2D eigenvalue weighted by Gasteiger charge is 2.55. The van der Waals surface area contributed by atoms with Crippen LogP contribution in [-0.4, -0.2) is 53.9 Å². The molecule has 1 saturated heterocycles. The van der Waals surface area contributed by atoms with Gasteiger partial charge in [-0.3, -0.25) is 19.3 Å². The number of urea groups is 1. The van der Waals surface area contributed by atoms with E-state index in [4.69, 9.17) is 9.47 Å². The first kappa shape index (κ1) is 20.8. The van der Waals surface area contributed by atoms with Gasteiger partial charge in [0, 0.05) is 5.56 Å². The lowest BCUT2D eigenvalue weighted by Gasteiger charge is -2.36. The summed E-state index contributed by atoms with van der Waals surface area (Å²) in [6.07, 6.45) is 2.23. The largest absolute Gasteiger partial charge is 0.497 e. The minimum Gasteiger partial charge on any atom is -0.497 e. The fourth-order valence-corrected chi connectivity index (χ4v) is 4.05. The number of carbonyl (C=O) groups is 4. The Morgan fingerprint density at radius 3 is 2.55 bits per heavy atom. The van der Waals surface area contributed by atoms with Crippen molar-refractivity contribution in [1.82, 2.24) is 10.2 Å². The van der Waals surface area contributed by atoms with Crippen molar-refractivity contribution >= 4 is 23.7 Å². The lowest BCUT2D eigenvalue weighted by molar-refractivity contribution is -0.150. The molecule has 1 spiro atoms. The van der Waals surface area contributed by atoms with Crippen LogP contribution in [0.1, 0.15) is 49.9 Å². The molecule has 1 N–H and O–H groups in total. The lowest BCUT2D eigenvalue weighted by Crippen LogP contribution is -2.54. The SMILES string of the molecule is COc1ccc(C(=O)[C@H](C)OC(=O)CN2C(=O)N[C@]3(CCCC[C@@H]3C)C2=O)cc1. The zero-order valence-corrected chi connectivity index (χ0v) is 16.9. The number of amides is 3. The van der Waals surface area contributed by atoms with Gasteiger partial charge in [0.05, 0.1) is 7.11 Å². The number of rotatable bonds is 6. The molecule has 0 aromatic heterocycles. The molecule has 1 saturated carbocycles. The summed E-state index contributed by atoms with van der Waals surface area (Å²) < 4.78 is 10.2. The van der Waals surface area contributed by atoms with Crippen LogP contribution in [0.5, 0.6) is 5.75 Å². The minimum absolute atomic E-state index is 0.00398. The van der Waals surface area contributed by atoms with E-state index in [1.54, 1.807) is 24.3 Å². The van der Waals surface area contributed by atoms with Crippen molar-refractivity contribution < 1.29 is 28.7 Å². The third-order valence-corrected chi connectivity index (χ3v) is 5.84. The normalized spacial score (nSPS) is 24.9. The second-order valence-corrected chi connectivity index (χ2v) is 7.66. The average molecular weight is 402 g/mol. The molecule has 0 unspecified atom stereocenters. The van der Waals surface area contributed by atoms with Crippen LogP contribution < -0.4 is 10.1 Å². The Bertz CT molecular complexity index is 821. The molecular weight excluding hydrogens is 376 g/mol. The number of methoxy groups -OCH3 is 1. The number of ether oxygens (including phenoxy) is 2. The number of nitrogens with zero attached hydrogens (tertiary/aromatic N) is 1. The maximum atomic E-state index is 12.9.